The smallest absolute Gasteiger partial charge is 0.479 e. The minimum atomic E-state index is -5.08. The van der Waals surface area contributed by atoms with Crippen molar-refractivity contribution < 1.29 is 62.2 Å². The number of carbonyl (C=O) groups is 5. The molecule has 12 nitrogen and oxygen atoms in total. The number of hydrogen-bond acceptors (Lipinski definition) is 8. The number of ketones is 1. The molecule has 1 amide bonds. The molecule has 1 aliphatic carbocycles. The SMILES string of the molecule is O=C(O)C(F)(F)F.O=C(O)COOC1(C(=O)O)c2cccc(C(=O)CNC(=O)CCC3CCNCC3)c21. The van der Waals surface area contributed by atoms with Gasteiger partial charge in [-0.05, 0) is 38.3 Å². The van der Waals surface area contributed by atoms with E-state index in [-0.39, 0.29) is 29.1 Å². The zero-order valence-electron chi connectivity index (χ0n) is 19.3. The monoisotopic (exact) mass is 534 g/mol. The summed E-state index contributed by atoms with van der Waals surface area (Å²) >= 11 is 0. The average molecular weight is 534 g/mol. The highest BCUT2D eigenvalue weighted by atomic mass is 19.4. The van der Waals surface area contributed by atoms with Gasteiger partial charge in [0, 0.05) is 23.1 Å². The quantitative estimate of drug-likeness (QED) is 0.155. The number of carboxylic acids is 3. The Kier molecular flexibility index (Phi) is 10.1. The number of alkyl halides is 3. The molecule has 0 aromatic heterocycles. The Morgan fingerprint density at radius 3 is 2.24 bits per heavy atom. The van der Waals surface area contributed by atoms with Gasteiger partial charge in [0.15, 0.2) is 12.4 Å². The number of piperidine rings is 1. The van der Waals surface area contributed by atoms with Gasteiger partial charge in [0.25, 0.3) is 5.60 Å². The molecule has 37 heavy (non-hydrogen) atoms. The van der Waals surface area contributed by atoms with Crippen molar-refractivity contribution in [2.24, 2.45) is 5.92 Å². The Bertz CT molecular complexity index is 1040. The average Bonchev–Trinajstić information content (AvgIpc) is 3.50. The van der Waals surface area contributed by atoms with E-state index < -0.39 is 42.1 Å². The van der Waals surface area contributed by atoms with Gasteiger partial charge in [0.05, 0.1) is 6.54 Å². The lowest BCUT2D eigenvalue weighted by Gasteiger charge is -2.22. The molecule has 0 bridgehead atoms. The van der Waals surface area contributed by atoms with E-state index in [2.05, 4.69) is 15.5 Å². The van der Waals surface area contributed by atoms with E-state index in [0.29, 0.717) is 12.3 Å². The van der Waals surface area contributed by atoms with Crippen molar-refractivity contribution >= 4 is 29.6 Å². The number of aliphatic carboxylic acids is 3. The normalized spacial score (nSPS) is 18.6. The summed E-state index contributed by atoms with van der Waals surface area (Å²) < 4.78 is 31.7. The van der Waals surface area contributed by atoms with Gasteiger partial charge in [0.2, 0.25) is 5.91 Å². The third-order valence-corrected chi connectivity index (χ3v) is 5.63. The van der Waals surface area contributed by atoms with Crippen molar-refractivity contribution in [2.45, 2.75) is 37.5 Å². The highest BCUT2D eigenvalue weighted by Gasteiger charge is 2.63. The predicted molar refractivity (Wildman–Crippen MR) is 115 cm³/mol. The molecular weight excluding hydrogens is 509 g/mol. The van der Waals surface area contributed by atoms with Crippen molar-refractivity contribution in [3.8, 4) is 0 Å². The molecule has 1 heterocycles. The fraction of sp³-hybridized carbons (Fsp3) is 0.500. The first-order valence-corrected chi connectivity index (χ1v) is 11.0. The minimum Gasteiger partial charge on any atom is -0.479 e. The second-order valence-electron chi connectivity index (χ2n) is 8.19. The van der Waals surface area contributed by atoms with Crippen LogP contribution in [0.5, 0.6) is 0 Å². The van der Waals surface area contributed by atoms with Gasteiger partial charge < -0.3 is 26.0 Å². The summed E-state index contributed by atoms with van der Waals surface area (Å²) in [6, 6.07) is 4.39. The van der Waals surface area contributed by atoms with E-state index in [0.717, 1.165) is 32.4 Å². The zero-order chi connectivity index (χ0) is 27.8. The van der Waals surface area contributed by atoms with E-state index in [1.807, 2.05) is 0 Å². The van der Waals surface area contributed by atoms with Gasteiger partial charge in [-0.15, -0.1) is 0 Å². The maximum atomic E-state index is 12.6. The Balaban J connectivity index is 0.000000604. The molecule has 0 spiro atoms. The molecule has 0 radical (unpaired) electrons. The Morgan fingerprint density at radius 2 is 1.70 bits per heavy atom. The van der Waals surface area contributed by atoms with Crippen molar-refractivity contribution in [2.75, 3.05) is 26.2 Å². The number of nitrogens with one attached hydrogen (secondary N) is 2. The van der Waals surface area contributed by atoms with Crippen molar-refractivity contribution in [1.82, 2.24) is 10.6 Å². The summed E-state index contributed by atoms with van der Waals surface area (Å²) in [6.45, 7) is 0.785. The highest BCUT2D eigenvalue weighted by Crippen LogP contribution is 2.53. The summed E-state index contributed by atoms with van der Waals surface area (Å²) in [5.41, 5.74) is -1.60. The summed E-state index contributed by atoms with van der Waals surface area (Å²) in [5, 5.41) is 31.2. The molecule has 1 fully saturated rings. The molecule has 2 aliphatic rings. The van der Waals surface area contributed by atoms with E-state index in [4.69, 9.17) is 19.9 Å². The number of carbonyl (C=O) groups excluding carboxylic acids is 2. The number of halogens is 3. The lowest BCUT2D eigenvalue weighted by atomic mass is 9.93. The highest BCUT2D eigenvalue weighted by molar-refractivity contribution is 6.07. The van der Waals surface area contributed by atoms with E-state index in [9.17, 15) is 37.5 Å². The lowest BCUT2D eigenvalue weighted by Crippen LogP contribution is -2.32. The van der Waals surface area contributed by atoms with Gasteiger partial charge in [-0.3, -0.25) is 9.59 Å². The number of rotatable bonds is 11. The fourth-order valence-electron chi connectivity index (χ4n) is 3.75. The molecule has 15 heteroatoms. The van der Waals surface area contributed by atoms with Crippen molar-refractivity contribution in [1.29, 1.82) is 0 Å². The Labute approximate surface area is 207 Å². The predicted octanol–water partition coefficient (Wildman–Crippen LogP) is 1.07. The molecule has 1 unspecified atom stereocenters. The van der Waals surface area contributed by atoms with E-state index in [1.165, 1.54) is 18.2 Å². The molecule has 1 aromatic carbocycles. The number of amides is 1. The summed E-state index contributed by atoms with van der Waals surface area (Å²) in [7, 11) is 0. The molecular formula is C22H25F3N2O10. The molecule has 5 N–H and O–H groups in total. The molecule has 0 saturated carbocycles. The van der Waals surface area contributed by atoms with Crippen LogP contribution in [0.1, 0.15) is 47.2 Å². The van der Waals surface area contributed by atoms with Crippen molar-refractivity contribution in [3.05, 3.63) is 34.9 Å². The van der Waals surface area contributed by atoms with Crippen LogP contribution in [0.15, 0.2) is 18.2 Å². The third-order valence-electron chi connectivity index (χ3n) is 5.63. The summed E-state index contributed by atoms with van der Waals surface area (Å²) in [4.78, 5) is 65.3. The van der Waals surface area contributed by atoms with Crippen LogP contribution in [0.25, 0.3) is 0 Å². The Morgan fingerprint density at radius 1 is 1.08 bits per heavy atom. The van der Waals surface area contributed by atoms with Crippen LogP contribution in [-0.2, 0) is 34.6 Å². The van der Waals surface area contributed by atoms with E-state index >= 15 is 0 Å². The van der Waals surface area contributed by atoms with Crippen LogP contribution in [0.4, 0.5) is 13.2 Å². The van der Waals surface area contributed by atoms with Gasteiger partial charge in [-0.25, -0.2) is 24.2 Å². The first kappa shape index (κ1) is 29.7. The molecule has 1 aliphatic heterocycles. The van der Waals surface area contributed by atoms with Gasteiger partial charge >= 0.3 is 24.1 Å². The fourth-order valence-corrected chi connectivity index (χ4v) is 3.75. The molecule has 1 aromatic rings. The molecule has 3 rings (SSSR count). The second kappa shape index (κ2) is 12.6. The summed E-state index contributed by atoms with van der Waals surface area (Å²) in [6.07, 6.45) is -1.93. The Hall–Kier alpha value is -3.56. The molecule has 204 valence electrons. The number of carboxylic acid groups (broad SMARTS) is 3. The zero-order valence-corrected chi connectivity index (χ0v) is 19.3. The van der Waals surface area contributed by atoms with Crippen LogP contribution in [0.3, 0.4) is 0 Å². The topological polar surface area (TPSA) is 189 Å². The van der Waals surface area contributed by atoms with Gasteiger partial charge in [0.1, 0.15) is 0 Å². The number of hydrogen-bond donors (Lipinski definition) is 5. The maximum absolute atomic E-state index is 12.6. The van der Waals surface area contributed by atoms with Crippen LogP contribution < -0.4 is 10.6 Å². The molecule has 1 atom stereocenters. The molecule has 1 saturated heterocycles. The van der Waals surface area contributed by atoms with Crippen LogP contribution >= 0.6 is 0 Å². The van der Waals surface area contributed by atoms with Crippen LogP contribution in [-0.4, -0.2) is 77.3 Å². The van der Waals surface area contributed by atoms with Gasteiger partial charge in [-0.1, -0.05) is 18.2 Å². The maximum Gasteiger partial charge on any atom is 0.490 e. The van der Waals surface area contributed by atoms with Crippen molar-refractivity contribution in [3.63, 3.8) is 0 Å². The number of fused-ring (bicyclic) bond motifs is 1. The minimum absolute atomic E-state index is 0.0903. The lowest BCUT2D eigenvalue weighted by molar-refractivity contribution is -0.333. The number of benzene rings is 1. The van der Waals surface area contributed by atoms with Crippen LogP contribution in [0, 0.1) is 5.92 Å². The first-order chi connectivity index (χ1) is 17.3. The summed E-state index contributed by atoms with van der Waals surface area (Å²) in [5.74, 6) is -5.71. The van der Waals surface area contributed by atoms with Gasteiger partial charge in [-0.2, -0.15) is 13.2 Å². The number of Topliss-reactive ketones (excluding diaryl/α,β-unsaturated/α-hetero) is 1. The van der Waals surface area contributed by atoms with Crippen LogP contribution in [0.2, 0.25) is 0 Å². The standard InChI is InChI=1S/C20H24N2O8.C2HF3O2/c23-15(10-22-16(24)5-4-12-6-8-21-9-7-12)13-2-1-3-14-18(13)20(14,19(27)28)30-29-11-17(25)26;3-2(4,5)1(6)7/h1-3,12,21H,4-11H2,(H,22,24)(H,25,26)(H,27,28);(H,6,7). The second-order valence-corrected chi connectivity index (χ2v) is 8.19. The van der Waals surface area contributed by atoms with E-state index in [1.54, 1.807) is 0 Å². The first-order valence-electron chi connectivity index (χ1n) is 11.0. The largest absolute Gasteiger partial charge is 0.490 e. The third kappa shape index (κ3) is 7.96.